The van der Waals surface area contributed by atoms with Crippen LogP contribution in [0.1, 0.15) is 30.4 Å². The third kappa shape index (κ3) is 4.23. The highest BCUT2D eigenvalue weighted by Gasteiger charge is 2.30. The monoisotopic (exact) mass is 334 g/mol. The molecule has 5 heteroatoms. The van der Waals surface area contributed by atoms with E-state index in [9.17, 15) is 14.3 Å². The number of aliphatic hydroxyl groups excluding tert-OH is 1. The van der Waals surface area contributed by atoms with Gasteiger partial charge in [-0.1, -0.05) is 6.08 Å². The molecular formula is C19H23FO4. The van der Waals surface area contributed by atoms with Crippen LogP contribution in [-0.2, 0) is 16.0 Å². The zero-order valence-corrected chi connectivity index (χ0v) is 13.8. The van der Waals surface area contributed by atoms with E-state index in [1.807, 2.05) is 0 Å². The molecule has 2 unspecified atom stereocenters. The van der Waals surface area contributed by atoms with Gasteiger partial charge in [0.1, 0.15) is 17.3 Å². The highest BCUT2D eigenvalue weighted by Crippen LogP contribution is 2.34. The molecule has 1 aromatic rings. The SMILES string of the molecule is C=CCC1CC(CCc2cc(O)c(C)cc2F)C(OCO)=CC1=O. The normalized spacial score (nSPS) is 20.6. The Hall–Kier alpha value is -2.14. The molecule has 0 heterocycles. The number of carbonyl (C=O) groups excluding carboxylic acids is 1. The van der Waals surface area contributed by atoms with Crippen molar-refractivity contribution in [1.29, 1.82) is 0 Å². The van der Waals surface area contributed by atoms with E-state index in [1.165, 1.54) is 18.2 Å². The summed E-state index contributed by atoms with van der Waals surface area (Å²) in [5.41, 5.74) is 0.924. The second-order valence-corrected chi connectivity index (χ2v) is 6.15. The molecule has 2 atom stereocenters. The number of ketones is 1. The Morgan fingerprint density at radius 3 is 2.83 bits per heavy atom. The lowest BCUT2D eigenvalue weighted by atomic mass is 9.80. The summed E-state index contributed by atoms with van der Waals surface area (Å²) < 4.78 is 19.2. The quantitative estimate of drug-likeness (QED) is 0.592. The molecule has 0 fully saturated rings. The number of hydrogen-bond acceptors (Lipinski definition) is 4. The standard InChI is InChI=1S/C19H23FO4/c1-3-4-14-8-15(19(24-11-21)10-18(14)23)6-5-13-9-17(22)12(2)7-16(13)20/h3,7,9-10,14-15,21-22H,1,4-6,8,11H2,2H3. The maximum absolute atomic E-state index is 14.0. The smallest absolute Gasteiger partial charge is 0.185 e. The Bertz CT molecular complexity index is 651. The number of ether oxygens (including phenoxy) is 1. The van der Waals surface area contributed by atoms with Gasteiger partial charge >= 0.3 is 0 Å². The van der Waals surface area contributed by atoms with Crippen molar-refractivity contribution in [3.63, 3.8) is 0 Å². The third-order valence-electron chi connectivity index (χ3n) is 4.47. The van der Waals surface area contributed by atoms with Gasteiger partial charge in [0.15, 0.2) is 12.6 Å². The molecule has 130 valence electrons. The summed E-state index contributed by atoms with van der Waals surface area (Å²) in [6.45, 7) is 4.82. The molecule has 0 saturated heterocycles. The van der Waals surface area contributed by atoms with Crippen LogP contribution in [-0.4, -0.2) is 22.8 Å². The van der Waals surface area contributed by atoms with Crippen molar-refractivity contribution in [1.82, 2.24) is 0 Å². The van der Waals surface area contributed by atoms with Gasteiger partial charge in [-0.15, -0.1) is 6.58 Å². The van der Waals surface area contributed by atoms with Gasteiger partial charge in [0.25, 0.3) is 0 Å². The van der Waals surface area contributed by atoms with Crippen LogP contribution in [0, 0.1) is 24.6 Å². The van der Waals surface area contributed by atoms with E-state index in [0.29, 0.717) is 42.6 Å². The molecule has 2 N–H and O–H groups in total. The van der Waals surface area contributed by atoms with Crippen molar-refractivity contribution in [2.24, 2.45) is 11.8 Å². The first-order valence-corrected chi connectivity index (χ1v) is 8.04. The summed E-state index contributed by atoms with van der Waals surface area (Å²) in [4.78, 5) is 12.0. The minimum atomic E-state index is -0.499. The van der Waals surface area contributed by atoms with Gasteiger partial charge in [0.05, 0.1) is 0 Å². The lowest BCUT2D eigenvalue weighted by Gasteiger charge is -2.28. The fraction of sp³-hybridized carbons (Fsp3) is 0.421. The first kappa shape index (κ1) is 18.2. The number of phenols is 1. The zero-order valence-electron chi connectivity index (χ0n) is 13.8. The van der Waals surface area contributed by atoms with Gasteiger partial charge < -0.3 is 14.9 Å². The average Bonchev–Trinajstić information content (AvgIpc) is 2.53. The number of aryl methyl sites for hydroxylation is 2. The van der Waals surface area contributed by atoms with E-state index in [2.05, 4.69) is 6.58 Å². The number of benzene rings is 1. The topological polar surface area (TPSA) is 66.8 Å². The highest BCUT2D eigenvalue weighted by molar-refractivity contribution is 5.93. The van der Waals surface area contributed by atoms with E-state index < -0.39 is 6.79 Å². The first-order chi connectivity index (χ1) is 11.5. The molecule has 1 aromatic carbocycles. The second-order valence-electron chi connectivity index (χ2n) is 6.15. The molecule has 0 saturated carbocycles. The number of allylic oxidation sites excluding steroid dienone is 3. The molecule has 0 amide bonds. The largest absolute Gasteiger partial charge is 0.508 e. The molecule has 0 aliphatic heterocycles. The lowest BCUT2D eigenvalue weighted by molar-refractivity contribution is -0.120. The number of rotatable bonds is 7. The molecule has 24 heavy (non-hydrogen) atoms. The fourth-order valence-corrected chi connectivity index (χ4v) is 3.09. The average molecular weight is 334 g/mol. The van der Waals surface area contributed by atoms with Gasteiger partial charge in [-0.05, 0) is 55.9 Å². The molecule has 4 nitrogen and oxygen atoms in total. The predicted octanol–water partition coefficient (Wildman–Crippen LogP) is 3.40. The van der Waals surface area contributed by atoms with Crippen LogP contribution in [0.3, 0.4) is 0 Å². The summed E-state index contributed by atoms with van der Waals surface area (Å²) in [6, 6.07) is 2.76. The summed E-state index contributed by atoms with van der Waals surface area (Å²) >= 11 is 0. The van der Waals surface area contributed by atoms with Crippen molar-refractivity contribution in [3.05, 3.63) is 53.6 Å². The van der Waals surface area contributed by atoms with Crippen LogP contribution < -0.4 is 0 Å². The van der Waals surface area contributed by atoms with Gasteiger partial charge in [-0.25, -0.2) is 4.39 Å². The van der Waals surface area contributed by atoms with Crippen LogP contribution in [0.2, 0.25) is 0 Å². The number of aliphatic hydroxyl groups is 1. The molecule has 1 aliphatic carbocycles. The molecule has 1 aliphatic rings. The highest BCUT2D eigenvalue weighted by atomic mass is 19.1. The number of carbonyl (C=O) groups is 1. The van der Waals surface area contributed by atoms with Crippen LogP contribution in [0.5, 0.6) is 5.75 Å². The number of halogens is 1. The Balaban J connectivity index is 2.13. The molecule has 2 rings (SSSR count). The van der Waals surface area contributed by atoms with Crippen LogP contribution >= 0.6 is 0 Å². The summed E-state index contributed by atoms with van der Waals surface area (Å²) in [7, 11) is 0. The van der Waals surface area contributed by atoms with Gasteiger partial charge in [-0.2, -0.15) is 0 Å². The van der Waals surface area contributed by atoms with E-state index in [-0.39, 0.29) is 29.2 Å². The second kappa shape index (κ2) is 8.11. The van der Waals surface area contributed by atoms with Crippen LogP contribution in [0.15, 0.2) is 36.6 Å². The van der Waals surface area contributed by atoms with Crippen molar-refractivity contribution in [2.45, 2.75) is 32.6 Å². The third-order valence-corrected chi connectivity index (χ3v) is 4.47. The number of phenolic OH excluding ortho intramolecular Hbond substituents is 1. The molecule has 0 aromatic heterocycles. The first-order valence-electron chi connectivity index (χ1n) is 8.04. The van der Waals surface area contributed by atoms with Gasteiger partial charge in [0, 0.05) is 17.9 Å². The zero-order chi connectivity index (χ0) is 17.7. The Labute approximate surface area is 141 Å². The van der Waals surface area contributed by atoms with E-state index in [1.54, 1.807) is 13.0 Å². The Morgan fingerprint density at radius 2 is 2.17 bits per heavy atom. The molecular weight excluding hydrogens is 311 g/mol. The van der Waals surface area contributed by atoms with Crippen molar-refractivity contribution in [2.75, 3.05) is 6.79 Å². The van der Waals surface area contributed by atoms with Crippen LogP contribution in [0.25, 0.3) is 0 Å². The Kier molecular flexibility index (Phi) is 6.15. The van der Waals surface area contributed by atoms with E-state index in [4.69, 9.17) is 9.84 Å². The summed E-state index contributed by atoms with van der Waals surface area (Å²) in [5, 5.41) is 18.8. The van der Waals surface area contributed by atoms with Crippen molar-refractivity contribution >= 4 is 5.78 Å². The van der Waals surface area contributed by atoms with Crippen LogP contribution in [0.4, 0.5) is 4.39 Å². The maximum atomic E-state index is 14.0. The Morgan fingerprint density at radius 1 is 1.42 bits per heavy atom. The van der Waals surface area contributed by atoms with Gasteiger partial charge in [-0.3, -0.25) is 4.79 Å². The number of hydrogen-bond donors (Lipinski definition) is 2. The van der Waals surface area contributed by atoms with E-state index >= 15 is 0 Å². The fourth-order valence-electron chi connectivity index (χ4n) is 3.09. The maximum Gasteiger partial charge on any atom is 0.185 e. The molecule has 0 spiro atoms. The van der Waals surface area contributed by atoms with Crippen molar-refractivity contribution < 1.29 is 24.1 Å². The van der Waals surface area contributed by atoms with Crippen molar-refractivity contribution in [3.8, 4) is 5.75 Å². The minimum Gasteiger partial charge on any atom is -0.508 e. The number of aromatic hydroxyl groups is 1. The minimum absolute atomic E-state index is 0.0336. The molecule has 0 radical (unpaired) electrons. The summed E-state index contributed by atoms with van der Waals surface area (Å²) in [5.74, 6) is -0.115. The molecule has 0 bridgehead atoms. The lowest BCUT2D eigenvalue weighted by Crippen LogP contribution is -2.25. The predicted molar refractivity (Wildman–Crippen MR) is 88.8 cm³/mol. The summed E-state index contributed by atoms with van der Waals surface area (Å²) in [6.07, 6.45) is 5.27. The van der Waals surface area contributed by atoms with Gasteiger partial charge in [0.2, 0.25) is 0 Å². The van der Waals surface area contributed by atoms with E-state index in [0.717, 1.165) is 0 Å².